The van der Waals surface area contributed by atoms with Crippen molar-refractivity contribution in [2.75, 3.05) is 19.5 Å². The van der Waals surface area contributed by atoms with E-state index in [0.717, 1.165) is 28.0 Å². The molecule has 0 saturated carbocycles. The van der Waals surface area contributed by atoms with Gasteiger partial charge in [-0.05, 0) is 60.8 Å². The number of nitrogens with zero attached hydrogens (tertiary/aromatic N) is 2. The predicted molar refractivity (Wildman–Crippen MR) is 108 cm³/mol. The molecule has 2 N–H and O–H groups in total. The maximum atomic E-state index is 6.07. The van der Waals surface area contributed by atoms with E-state index in [1.165, 1.54) is 0 Å². The number of anilines is 2. The number of pyridine rings is 1. The summed E-state index contributed by atoms with van der Waals surface area (Å²) in [6.07, 6.45) is 0. The van der Waals surface area contributed by atoms with Gasteiger partial charge in [0.2, 0.25) is 5.88 Å². The molecule has 0 spiro atoms. The van der Waals surface area contributed by atoms with E-state index in [2.05, 4.69) is 20.5 Å². The number of rotatable bonds is 6. The first kappa shape index (κ1) is 17.7. The lowest BCUT2D eigenvalue weighted by Gasteiger charge is -2.12. The van der Waals surface area contributed by atoms with Gasteiger partial charge in [0.05, 0.1) is 14.2 Å². The second-order valence-electron chi connectivity index (χ2n) is 6.24. The molecular formula is C21H20N4O3. The molecule has 0 saturated heterocycles. The molecule has 0 aliphatic carbocycles. The smallest absolute Gasteiger partial charge is 0.229 e. The highest BCUT2D eigenvalue weighted by Crippen LogP contribution is 2.33. The Balaban J connectivity index is 1.75. The summed E-state index contributed by atoms with van der Waals surface area (Å²) in [6, 6.07) is 17.0. The number of hydrogen-bond donors (Lipinski definition) is 2. The summed E-state index contributed by atoms with van der Waals surface area (Å²) in [5.74, 6) is 3.98. The maximum absolute atomic E-state index is 6.07. The number of ether oxygens (including phenoxy) is 3. The summed E-state index contributed by atoms with van der Waals surface area (Å²) in [6.45, 7) is 1.94. The molecule has 7 heteroatoms. The molecule has 2 aromatic heterocycles. The van der Waals surface area contributed by atoms with E-state index in [1.54, 1.807) is 14.2 Å². The second-order valence-corrected chi connectivity index (χ2v) is 6.24. The minimum atomic E-state index is 0.486. The number of aromatic amines is 1. The number of fused-ring (bicyclic) bond motifs is 1. The fourth-order valence-corrected chi connectivity index (χ4v) is 2.84. The summed E-state index contributed by atoms with van der Waals surface area (Å²) in [4.78, 5) is 4.64. The zero-order valence-corrected chi connectivity index (χ0v) is 15.8. The number of hydrogen-bond acceptors (Lipinski definition) is 6. The molecule has 28 heavy (non-hydrogen) atoms. The summed E-state index contributed by atoms with van der Waals surface area (Å²) in [7, 11) is 3.27. The lowest BCUT2D eigenvalue weighted by atomic mass is 10.1. The Morgan fingerprint density at radius 1 is 0.821 bits per heavy atom. The Morgan fingerprint density at radius 3 is 2.21 bits per heavy atom. The molecule has 2 aromatic carbocycles. The standard InChI is InChI=1S/C21H20N4O3/c1-13-10-20(25-24-13)22-19-12-14-11-17(27-3)8-9-18(14)21(23-19)28-16-6-4-15(26-2)5-7-16/h4-12H,1-3H3,(H2,22,23,24,25). The van der Waals surface area contributed by atoms with Crippen LogP contribution in [-0.2, 0) is 0 Å². The van der Waals surface area contributed by atoms with Crippen LogP contribution in [0.4, 0.5) is 11.6 Å². The molecule has 0 fully saturated rings. The van der Waals surface area contributed by atoms with Crippen molar-refractivity contribution >= 4 is 22.4 Å². The highest BCUT2D eigenvalue weighted by Gasteiger charge is 2.11. The van der Waals surface area contributed by atoms with Crippen LogP contribution >= 0.6 is 0 Å². The highest BCUT2D eigenvalue weighted by atomic mass is 16.5. The first-order valence-corrected chi connectivity index (χ1v) is 8.74. The normalized spacial score (nSPS) is 10.7. The lowest BCUT2D eigenvalue weighted by molar-refractivity contribution is 0.412. The van der Waals surface area contributed by atoms with Crippen LogP contribution < -0.4 is 19.5 Å². The van der Waals surface area contributed by atoms with Crippen molar-refractivity contribution in [1.82, 2.24) is 15.2 Å². The van der Waals surface area contributed by atoms with Gasteiger partial charge in [-0.2, -0.15) is 10.1 Å². The van der Waals surface area contributed by atoms with E-state index in [0.29, 0.717) is 23.3 Å². The number of aromatic nitrogens is 3. The number of benzene rings is 2. The van der Waals surface area contributed by atoms with Gasteiger partial charge in [0, 0.05) is 17.1 Å². The van der Waals surface area contributed by atoms with Crippen LogP contribution in [0.1, 0.15) is 5.69 Å². The molecule has 0 bridgehead atoms. The zero-order chi connectivity index (χ0) is 19.5. The Labute approximate surface area is 162 Å². The number of methoxy groups -OCH3 is 2. The fourth-order valence-electron chi connectivity index (χ4n) is 2.84. The predicted octanol–water partition coefficient (Wildman–Crippen LogP) is 4.82. The number of nitrogens with one attached hydrogen (secondary N) is 2. The van der Waals surface area contributed by atoms with Crippen LogP contribution in [0.15, 0.2) is 54.6 Å². The lowest BCUT2D eigenvalue weighted by Crippen LogP contribution is -1.97. The van der Waals surface area contributed by atoms with E-state index in [1.807, 2.05) is 61.5 Å². The van der Waals surface area contributed by atoms with Gasteiger partial charge in [0.15, 0.2) is 5.82 Å². The molecule has 0 radical (unpaired) electrons. The van der Waals surface area contributed by atoms with Crippen molar-refractivity contribution in [3.8, 4) is 23.1 Å². The van der Waals surface area contributed by atoms with Crippen LogP contribution in [-0.4, -0.2) is 29.4 Å². The topological polar surface area (TPSA) is 81.3 Å². The summed E-state index contributed by atoms with van der Waals surface area (Å²) < 4.78 is 16.6. The molecule has 0 unspecified atom stereocenters. The Kier molecular flexibility index (Phi) is 4.72. The molecule has 0 aliphatic rings. The molecule has 4 rings (SSSR count). The van der Waals surface area contributed by atoms with Gasteiger partial charge in [-0.25, -0.2) is 0 Å². The molecule has 4 aromatic rings. The third kappa shape index (κ3) is 3.68. The SMILES string of the molecule is COc1ccc(Oc2nc(Nc3cc(C)[nH]n3)cc3cc(OC)ccc23)cc1. The van der Waals surface area contributed by atoms with Gasteiger partial charge in [-0.15, -0.1) is 0 Å². The summed E-state index contributed by atoms with van der Waals surface area (Å²) in [5.41, 5.74) is 0.958. The Hall–Kier alpha value is -3.74. The van der Waals surface area contributed by atoms with Crippen LogP contribution in [0.3, 0.4) is 0 Å². The molecular weight excluding hydrogens is 356 g/mol. The van der Waals surface area contributed by atoms with Gasteiger partial charge in [0.1, 0.15) is 23.1 Å². The van der Waals surface area contributed by atoms with Crippen molar-refractivity contribution in [3.63, 3.8) is 0 Å². The maximum Gasteiger partial charge on any atom is 0.229 e. The molecule has 0 atom stereocenters. The average molecular weight is 376 g/mol. The van der Waals surface area contributed by atoms with Crippen molar-refractivity contribution in [2.45, 2.75) is 6.92 Å². The minimum absolute atomic E-state index is 0.486. The highest BCUT2D eigenvalue weighted by molar-refractivity contribution is 5.90. The first-order chi connectivity index (χ1) is 13.6. The Bertz CT molecular complexity index is 1110. The van der Waals surface area contributed by atoms with Crippen molar-refractivity contribution in [2.24, 2.45) is 0 Å². The molecule has 0 amide bonds. The van der Waals surface area contributed by atoms with Crippen molar-refractivity contribution < 1.29 is 14.2 Å². The summed E-state index contributed by atoms with van der Waals surface area (Å²) in [5, 5.41) is 12.1. The summed E-state index contributed by atoms with van der Waals surface area (Å²) >= 11 is 0. The third-order valence-electron chi connectivity index (χ3n) is 4.24. The molecule has 7 nitrogen and oxygen atoms in total. The third-order valence-corrected chi connectivity index (χ3v) is 4.24. The number of aryl methyl sites for hydroxylation is 1. The van der Waals surface area contributed by atoms with Crippen molar-refractivity contribution in [1.29, 1.82) is 0 Å². The molecule has 2 heterocycles. The first-order valence-electron chi connectivity index (χ1n) is 8.74. The molecule has 142 valence electrons. The molecule has 0 aliphatic heterocycles. The number of H-pyrrole nitrogens is 1. The minimum Gasteiger partial charge on any atom is -0.497 e. The van der Waals surface area contributed by atoms with E-state index in [4.69, 9.17) is 14.2 Å². The second kappa shape index (κ2) is 7.48. The Morgan fingerprint density at radius 2 is 1.54 bits per heavy atom. The van der Waals surface area contributed by atoms with E-state index in [9.17, 15) is 0 Å². The average Bonchev–Trinajstić information content (AvgIpc) is 3.12. The monoisotopic (exact) mass is 376 g/mol. The van der Waals surface area contributed by atoms with Gasteiger partial charge in [-0.3, -0.25) is 5.10 Å². The van der Waals surface area contributed by atoms with Gasteiger partial charge >= 0.3 is 0 Å². The van der Waals surface area contributed by atoms with E-state index >= 15 is 0 Å². The van der Waals surface area contributed by atoms with Crippen LogP contribution in [0.2, 0.25) is 0 Å². The van der Waals surface area contributed by atoms with Gasteiger partial charge in [0.25, 0.3) is 0 Å². The van der Waals surface area contributed by atoms with Crippen molar-refractivity contribution in [3.05, 3.63) is 60.3 Å². The van der Waals surface area contributed by atoms with Crippen LogP contribution in [0.5, 0.6) is 23.1 Å². The van der Waals surface area contributed by atoms with E-state index < -0.39 is 0 Å². The zero-order valence-electron chi connectivity index (χ0n) is 15.8. The largest absolute Gasteiger partial charge is 0.497 e. The van der Waals surface area contributed by atoms with Gasteiger partial charge in [-0.1, -0.05) is 0 Å². The van der Waals surface area contributed by atoms with E-state index in [-0.39, 0.29) is 0 Å². The van der Waals surface area contributed by atoms with Gasteiger partial charge < -0.3 is 19.5 Å². The van der Waals surface area contributed by atoms with Crippen LogP contribution in [0, 0.1) is 6.92 Å². The quantitative estimate of drug-likeness (QED) is 0.502. The fraction of sp³-hybridized carbons (Fsp3) is 0.143. The van der Waals surface area contributed by atoms with Crippen LogP contribution in [0.25, 0.3) is 10.8 Å².